The van der Waals surface area contributed by atoms with Gasteiger partial charge >= 0.3 is 0 Å². The standard InChI is InChI=1S/C13H26N2OS/c1-11-5-7-12(8-6-11)15(2)13(17)14-9-4-10-16-3/h11-12H,4-10H2,1-3H3,(H,14,17). The molecule has 1 N–H and O–H groups in total. The minimum atomic E-state index is 0.633. The smallest absolute Gasteiger partial charge is 0.168 e. The van der Waals surface area contributed by atoms with Crippen LogP contribution in [0.15, 0.2) is 0 Å². The summed E-state index contributed by atoms with van der Waals surface area (Å²) in [5.41, 5.74) is 0. The van der Waals surface area contributed by atoms with Gasteiger partial charge in [-0.1, -0.05) is 6.92 Å². The van der Waals surface area contributed by atoms with E-state index in [0.29, 0.717) is 6.04 Å². The zero-order chi connectivity index (χ0) is 12.7. The monoisotopic (exact) mass is 258 g/mol. The molecular weight excluding hydrogens is 232 g/mol. The first kappa shape index (κ1) is 14.7. The lowest BCUT2D eigenvalue weighted by Gasteiger charge is -2.35. The number of ether oxygens (including phenoxy) is 1. The molecule has 1 aliphatic carbocycles. The van der Waals surface area contributed by atoms with Crippen molar-refractivity contribution in [1.29, 1.82) is 0 Å². The first-order valence-electron chi connectivity index (χ1n) is 6.64. The van der Waals surface area contributed by atoms with Crippen molar-refractivity contribution in [3.63, 3.8) is 0 Å². The third-order valence-electron chi connectivity index (χ3n) is 3.65. The second-order valence-corrected chi connectivity index (χ2v) is 5.49. The van der Waals surface area contributed by atoms with E-state index in [-0.39, 0.29) is 0 Å². The number of hydrogen-bond acceptors (Lipinski definition) is 2. The zero-order valence-electron chi connectivity index (χ0n) is 11.4. The van der Waals surface area contributed by atoms with E-state index in [1.807, 2.05) is 0 Å². The van der Waals surface area contributed by atoms with Gasteiger partial charge in [0.15, 0.2) is 5.11 Å². The summed E-state index contributed by atoms with van der Waals surface area (Å²) < 4.78 is 5.02. The quantitative estimate of drug-likeness (QED) is 0.604. The predicted octanol–water partition coefficient (Wildman–Crippen LogP) is 2.41. The van der Waals surface area contributed by atoms with Gasteiger partial charge in [0.2, 0.25) is 0 Å². The summed E-state index contributed by atoms with van der Waals surface area (Å²) in [6.45, 7) is 4.04. The Morgan fingerprint density at radius 3 is 2.59 bits per heavy atom. The molecule has 0 aromatic rings. The van der Waals surface area contributed by atoms with Gasteiger partial charge in [0, 0.05) is 33.4 Å². The van der Waals surface area contributed by atoms with Crippen molar-refractivity contribution in [2.75, 3.05) is 27.3 Å². The van der Waals surface area contributed by atoms with Crippen LogP contribution in [0.3, 0.4) is 0 Å². The summed E-state index contributed by atoms with van der Waals surface area (Å²) >= 11 is 5.41. The Morgan fingerprint density at radius 2 is 2.00 bits per heavy atom. The second kappa shape index (κ2) is 7.88. The summed E-state index contributed by atoms with van der Waals surface area (Å²) in [5, 5.41) is 4.19. The van der Waals surface area contributed by atoms with Crippen LogP contribution >= 0.6 is 12.2 Å². The molecule has 0 amide bonds. The molecule has 0 aliphatic heterocycles. The molecule has 1 rings (SSSR count). The highest BCUT2D eigenvalue weighted by atomic mass is 32.1. The maximum Gasteiger partial charge on any atom is 0.168 e. The molecule has 0 saturated heterocycles. The number of rotatable bonds is 5. The fourth-order valence-electron chi connectivity index (χ4n) is 2.33. The van der Waals surface area contributed by atoms with E-state index >= 15 is 0 Å². The van der Waals surface area contributed by atoms with E-state index in [9.17, 15) is 0 Å². The highest BCUT2D eigenvalue weighted by Crippen LogP contribution is 2.26. The number of hydrogen-bond donors (Lipinski definition) is 1. The van der Waals surface area contributed by atoms with Gasteiger partial charge < -0.3 is 15.0 Å². The molecule has 3 nitrogen and oxygen atoms in total. The van der Waals surface area contributed by atoms with Gasteiger partial charge in [-0.15, -0.1) is 0 Å². The molecule has 1 fully saturated rings. The Balaban J connectivity index is 2.21. The number of thiocarbonyl (C=S) groups is 1. The van der Waals surface area contributed by atoms with Gasteiger partial charge in [0.05, 0.1) is 0 Å². The SMILES string of the molecule is COCCCNC(=S)N(C)C1CCC(C)CC1. The Morgan fingerprint density at radius 1 is 1.35 bits per heavy atom. The minimum Gasteiger partial charge on any atom is -0.385 e. The van der Waals surface area contributed by atoms with Crippen LogP contribution in [0.25, 0.3) is 0 Å². The van der Waals surface area contributed by atoms with Crippen LogP contribution in [0.2, 0.25) is 0 Å². The Kier molecular flexibility index (Phi) is 6.82. The highest BCUT2D eigenvalue weighted by molar-refractivity contribution is 7.80. The molecule has 4 heteroatoms. The van der Waals surface area contributed by atoms with Gasteiger partial charge in [-0.25, -0.2) is 0 Å². The van der Waals surface area contributed by atoms with Crippen molar-refractivity contribution in [3.05, 3.63) is 0 Å². The maximum atomic E-state index is 5.41. The van der Waals surface area contributed by atoms with Crippen molar-refractivity contribution in [2.45, 2.75) is 45.1 Å². The van der Waals surface area contributed by atoms with Crippen LogP contribution in [0.1, 0.15) is 39.0 Å². The van der Waals surface area contributed by atoms with Crippen molar-refractivity contribution in [1.82, 2.24) is 10.2 Å². The molecule has 1 aliphatic rings. The van der Waals surface area contributed by atoms with Gasteiger partial charge in [-0.2, -0.15) is 0 Å². The summed E-state index contributed by atoms with van der Waals surface area (Å²) in [6.07, 6.45) is 6.23. The first-order valence-corrected chi connectivity index (χ1v) is 7.05. The van der Waals surface area contributed by atoms with Crippen molar-refractivity contribution in [2.24, 2.45) is 5.92 Å². The largest absolute Gasteiger partial charge is 0.385 e. The Labute approximate surface area is 111 Å². The minimum absolute atomic E-state index is 0.633. The van der Waals surface area contributed by atoms with Crippen LogP contribution in [-0.4, -0.2) is 43.4 Å². The summed E-state index contributed by atoms with van der Waals surface area (Å²) in [6, 6.07) is 0.633. The van der Waals surface area contributed by atoms with Gasteiger partial charge in [-0.05, 0) is 50.2 Å². The van der Waals surface area contributed by atoms with E-state index in [1.54, 1.807) is 7.11 Å². The van der Waals surface area contributed by atoms with Crippen LogP contribution in [0.5, 0.6) is 0 Å². The normalized spacial score (nSPS) is 24.4. The van der Waals surface area contributed by atoms with Crippen molar-refractivity contribution in [3.8, 4) is 0 Å². The molecule has 0 radical (unpaired) electrons. The molecule has 0 spiro atoms. The van der Waals surface area contributed by atoms with E-state index < -0.39 is 0 Å². The first-order chi connectivity index (χ1) is 8.15. The molecule has 0 unspecified atom stereocenters. The highest BCUT2D eigenvalue weighted by Gasteiger charge is 2.22. The predicted molar refractivity (Wildman–Crippen MR) is 76.3 cm³/mol. The van der Waals surface area contributed by atoms with E-state index in [1.165, 1.54) is 25.7 Å². The molecule has 0 bridgehead atoms. The zero-order valence-corrected chi connectivity index (χ0v) is 12.2. The molecule has 17 heavy (non-hydrogen) atoms. The van der Waals surface area contributed by atoms with Crippen LogP contribution in [0.4, 0.5) is 0 Å². The number of methoxy groups -OCH3 is 1. The summed E-state index contributed by atoms with van der Waals surface area (Å²) in [5.74, 6) is 0.892. The van der Waals surface area contributed by atoms with Crippen LogP contribution < -0.4 is 5.32 Å². The van der Waals surface area contributed by atoms with Crippen LogP contribution in [0, 0.1) is 5.92 Å². The van der Waals surface area contributed by atoms with Crippen molar-refractivity contribution < 1.29 is 4.74 Å². The average molecular weight is 258 g/mol. The van der Waals surface area contributed by atoms with Gasteiger partial charge in [-0.3, -0.25) is 0 Å². The number of nitrogens with one attached hydrogen (secondary N) is 1. The molecule has 100 valence electrons. The topological polar surface area (TPSA) is 24.5 Å². The van der Waals surface area contributed by atoms with E-state index in [2.05, 4.69) is 24.2 Å². The lowest BCUT2D eigenvalue weighted by Crippen LogP contribution is -2.45. The Hall–Kier alpha value is -0.350. The average Bonchev–Trinajstić information content (AvgIpc) is 2.34. The fourth-order valence-corrected chi connectivity index (χ4v) is 2.58. The molecular formula is C13H26N2OS. The Bertz CT molecular complexity index is 227. The third-order valence-corrected chi connectivity index (χ3v) is 4.09. The molecule has 0 aromatic heterocycles. The summed E-state index contributed by atoms with van der Waals surface area (Å²) in [4.78, 5) is 2.24. The van der Waals surface area contributed by atoms with E-state index in [4.69, 9.17) is 17.0 Å². The molecule has 0 heterocycles. The van der Waals surface area contributed by atoms with Gasteiger partial charge in [0.25, 0.3) is 0 Å². The molecule has 0 aromatic carbocycles. The molecule has 0 atom stereocenters. The lowest BCUT2D eigenvalue weighted by molar-refractivity contribution is 0.195. The van der Waals surface area contributed by atoms with Crippen LogP contribution in [-0.2, 0) is 4.74 Å². The molecule has 1 saturated carbocycles. The van der Waals surface area contributed by atoms with Gasteiger partial charge in [0.1, 0.15) is 0 Å². The lowest BCUT2D eigenvalue weighted by atomic mass is 9.87. The second-order valence-electron chi connectivity index (χ2n) is 5.10. The maximum absolute atomic E-state index is 5.41. The third kappa shape index (κ3) is 5.21. The van der Waals surface area contributed by atoms with E-state index in [0.717, 1.165) is 30.6 Å². The van der Waals surface area contributed by atoms with Crippen molar-refractivity contribution >= 4 is 17.3 Å². The number of nitrogens with zero attached hydrogens (tertiary/aromatic N) is 1. The summed E-state index contributed by atoms with van der Waals surface area (Å²) in [7, 11) is 3.85. The fraction of sp³-hybridized carbons (Fsp3) is 0.923.